The standard InChI is InChI=1S/C12H15Cl2NO2S/c1-18-5-4-11(12(16)17)15-7-8-6-9(13)2-3-10(8)14/h2-3,6,11,15H,4-5,7H2,1H3,(H,16,17)/t11-/m0/s1. The summed E-state index contributed by atoms with van der Waals surface area (Å²) in [5.74, 6) is -0.0463. The summed E-state index contributed by atoms with van der Waals surface area (Å²) in [7, 11) is 0. The van der Waals surface area contributed by atoms with Crippen LogP contribution in [0.3, 0.4) is 0 Å². The third-order valence-corrected chi connectivity index (χ3v) is 3.70. The van der Waals surface area contributed by atoms with E-state index in [0.29, 0.717) is 23.0 Å². The van der Waals surface area contributed by atoms with Crippen molar-refractivity contribution in [3.63, 3.8) is 0 Å². The second kappa shape index (κ2) is 7.89. The van der Waals surface area contributed by atoms with Gasteiger partial charge in [0, 0.05) is 16.6 Å². The summed E-state index contributed by atoms with van der Waals surface area (Å²) >= 11 is 13.5. The number of carboxylic acids is 1. The number of hydrogen-bond acceptors (Lipinski definition) is 3. The average Bonchev–Trinajstić information content (AvgIpc) is 2.33. The third kappa shape index (κ3) is 5.06. The van der Waals surface area contributed by atoms with Crippen LogP contribution < -0.4 is 5.32 Å². The summed E-state index contributed by atoms with van der Waals surface area (Å²) in [6, 6.07) is 4.59. The van der Waals surface area contributed by atoms with Gasteiger partial charge >= 0.3 is 5.97 Å². The zero-order chi connectivity index (χ0) is 13.5. The Morgan fingerprint density at radius 2 is 2.22 bits per heavy atom. The van der Waals surface area contributed by atoms with Gasteiger partial charge in [0.15, 0.2) is 0 Å². The molecule has 3 nitrogen and oxygen atoms in total. The molecule has 1 aromatic carbocycles. The minimum Gasteiger partial charge on any atom is -0.480 e. The minimum atomic E-state index is -0.845. The molecule has 1 rings (SSSR count). The quantitative estimate of drug-likeness (QED) is 0.811. The van der Waals surface area contributed by atoms with Crippen molar-refractivity contribution in [2.75, 3.05) is 12.0 Å². The van der Waals surface area contributed by atoms with Gasteiger partial charge in [-0.25, -0.2) is 0 Å². The maximum atomic E-state index is 11.0. The number of benzene rings is 1. The van der Waals surface area contributed by atoms with Crippen molar-refractivity contribution in [1.82, 2.24) is 5.32 Å². The molecule has 0 radical (unpaired) electrons. The van der Waals surface area contributed by atoms with Crippen molar-refractivity contribution in [3.05, 3.63) is 33.8 Å². The summed E-state index contributed by atoms with van der Waals surface area (Å²) < 4.78 is 0. The molecule has 1 atom stereocenters. The van der Waals surface area contributed by atoms with Gasteiger partial charge in [-0.3, -0.25) is 4.79 Å². The van der Waals surface area contributed by atoms with Crippen molar-refractivity contribution >= 4 is 40.9 Å². The molecule has 0 aliphatic carbocycles. The van der Waals surface area contributed by atoms with Crippen LogP contribution in [0.2, 0.25) is 10.0 Å². The lowest BCUT2D eigenvalue weighted by atomic mass is 10.2. The smallest absolute Gasteiger partial charge is 0.320 e. The first-order chi connectivity index (χ1) is 8.54. The summed E-state index contributed by atoms with van der Waals surface area (Å²) in [5.41, 5.74) is 0.805. The van der Waals surface area contributed by atoms with E-state index in [1.165, 1.54) is 0 Å². The van der Waals surface area contributed by atoms with Crippen molar-refractivity contribution in [3.8, 4) is 0 Å². The lowest BCUT2D eigenvalue weighted by Gasteiger charge is -2.14. The first-order valence-corrected chi connectivity index (χ1v) is 7.58. The van der Waals surface area contributed by atoms with Crippen LogP contribution in [0.25, 0.3) is 0 Å². The van der Waals surface area contributed by atoms with Gasteiger partial charge in [-0.1, -0.05) is 23.2 Å². The number of rotatable bonds is 7. The molecule has 0 amide bonds. The summed E-state index contributed by atoms with van der Waals surface area (Å²) in [4.78, 5) is 11.0. The first-order valence-electron chi connectivity index (χ1n) is 5.43. The van der Waals surface area contributed by atoms with Gasteiger partial charge < -0.3 is 10.4 Å². The molecular formula is C12H15Cl2NO2S. The zero-order valence-corrected chi connectivity index (χ0v) is 12.3. The molecule has 0 aliphatic rings. The predicted octanol–water partition coefficient (Wildman–Crippen LogP) is 3.29. The molecule has 0 saturated carbocycles. The summed E-state index contributed by atoms with van der Waals surface area (Å²) in [6.07, 6.45) is 2.53. The Kier molecular flexibility index (Phi) is 6.86. The monoisotopic (exact) mass is 307 g/mol. The van der Waals surface area contributed by atoms with Crippen molar-refractivity contribution in [2.24, 2.45) is 0 Å². The van der Waals surface area contributed by atoms with Gasteiger partial charge in [0.25, 0.3) is 0 Å². The number of hydrogen-bond donors (Lipinski definition) is 2. The Morgan fingerprint density at radius 1 is 1.50 bits per heavy atom. The Labute approximate surface area is 121 Å². The summed E-state index contributed by atoms with van der Waals surface area (Å²) in [6.45, 7) is 0.394. The van der Waals surface area contributed by atoms with Gasteiger partial charge in [0.05, 0.1) is 0 Å². The molecule has 0 fully saturated rings. The number of carboxylic acid groups (broad SMARTS) is 1. The van der Waals surface area contributed by atoms with Crippen LogP contribution >= 0.6 is 35.0 Å². The minimum absolute atomic E-state index is 0.394. The zero-order valence-electron chi connectivity index (χ0n) is 9.95. The van der Waals surface area contributed by atoms with Crippen LogP contribution in [0, 0.1) is 0 Å². The van der Waals surface area contributed by atoms with E-state index in [-0.39, 0.29) is 0 Å². The third-order valence-electron chi connectivity index (χ3n) is 2.46. The number of carbonyl (C=O) groups is 1. The molecule has 100 valence electrons. The van der Waals surface area contributed by atoms with Crippen molar-refractivity contribution < 1.29 is 9.90 Å². The van der Waals surface area contributed by atoms with E-state index in [0.717, 1.165) is 11.3 Å². The van der Waals surface area contributed by atoms with Gasteiger partial charge in [0.1, 0.15) is 6.04 Å². The topological polar surface area (TPSA) is 49.3 Å². The molecule has 0 spiro atoms. The second-order valence-electron chi connectivity index (χ2n) is 3.79. The molecule has 0 unspecified atom stereocenters. The number of nitrogens with one attached hydrogen (secondary N) is 1. The normalized spacial score (nSPS) is 12.4. The average molecular weight is 308 g/mol. The van der Waals surface area contributed by atoms with Gasteiger partial charge in [-0.05, 0) is 42.2 Å². The van der Waals surface area contributed by atoms with E-state index in [1.54, 1.807) is 30.0 Å². The maximum Gasteiger partial charge on any atom is 0.320 e. The molecule has 0 bridgehead atoms. The molecule has 18 heavy (non-hydrogen) atoms. The molecule has 6 heteroatoms. The fourth-order valence-corrected chi connectivity index (χ4v) is 2.31. The van der Waals surface area contributed by atoms with Crippen LogP contribution in [0.15, 0.2) is 18.2 Å². The fraction of sp³-hybridized carbons (Fsp3) is 0.417. The lowest BCUT2D eigenvalue weighted by Crippen LogP contribution is -2.36. The number of aliphatic carboxylic acids is 1. The molecule has 2 N–H and O–H groups in total. The molecular weight excluding hydrogens is 293 g/mol. The van der Waals surface area contributed by atoms with E-state index in [9.17, 15) is 4.79 Å². The van der Waals surface area contributed by atoms with Gasteiger partial charge in [-0.15, -0.1) is 0 Å². The van der Waals surface area contributed by atoms with E-state index in [1.807, 2.05) is 6.26 Å². The van der Waals surface area contributed by atoms with Crippen LogP contribution in [0.4, 0.5) is 0 Å². The SMILES string of the molecule is CSCC[C@H](NCc1cc(Cl)ccc1Cl)C(=O)O. The highest BCUT2D eigenvalue weighted by Crippen LogP contribution is 2.20. The molecule has 0 saturated heterocycles. The maximum absolute atomic E-state index is 11.0. The Hall–Kier alpha value is -0.420. The molecule has 0 aliphatic heterocycles. The lowest BCUT2D eigenvalue weighted by molar-refractivity contribution is -0.139. The number of thioether (sulfide) groups is 1. The summed E-state index contributed by atoms with van der Waals surface area (Å²) in [5, 5.41) is 13.2. The molecule has 0 aromatic heterocycles. The van der Waals surface area contributed by atoms with Gasteiger partial charge in [0.2, 0.25) is 0 Å². The highest BCUT2D eigenvalue weighted by atomic mass is 35.5. The van der Waals surface area contributed by atoms with Crippen molar-refractivity contribution in [1.29, 1.82) is 0 Å². The van der Waals surface area contributed by atoms with Crippen molar-refractivity contribution in [2.45, 2.75) is 19.0 Å². The van der Waals surface area contributed by atoms with Crippen LogP contribution in [-0.4, -0.2) is 29.1 Å². The van der Waals surface area contributed by atoms with E-state index >= 15 is 0 Å². The van der Waals surface area contributed by atoms with Crippen LogP contribution in [-0.2, 0) is 11.3 Å². The van der Waals surface area contributed by atoms with E-state index in [4.69, 9.17) is 28.3 Å². The molecule has 1 aromatic rings. The molecule has 0 heterocycles. The highest BCUT2D eigenvalue weighted by molar-refractivity contribution is 7.98. The highest BCUT2D eigenvalue weighted by Gasteiger charge is 2.16. The Morgan fingerprint density at radius 3 is 2.83 bits per heavy atom. The largest absolute Gasteiger partial charge is 0.480 e. The fourth-order valence-electron chi connectivity index (χ4n) is 1.46. The van der Waals surface area contributed by atoms with Crippen LogP contribution in [0.5, 0.6) is 0 Å². The van der Waals surface area contributed by atoms with Gasteiger partial charge in [-0.2, -0.15) is 11.8 Å². The van der Waals surface area contributed by atoms with Crippen LogP contribution in [0.1, 0.15) is 12.0 Å². The Bertz CT molecular complexity index is 415. The predicted molar refractivity (Wildman–Crippen MR) is 77.7 cm³/mol. The first kappa shape index (κ1) is 15.6. The number of halogens is 2. The van der Waals surface area contributed by atoms with E-state index in [2.05, 4.69) is 5.32 Å². The van der Waals surface area contributed by atoms with E-state index < -0.39 is 12.0 Å². The Balaban J connectivity index is 2.60. The second-order valence-corrected chi connectivity index (χ2v) is 5.62.